The SMILES string of the molecule is O=C(NC(c1ccccc1)c1ccc(Br)cc1)c1ccc(F)cc1. The molecule has 2 nitrogen and oxygen atoms in total. The zero-order chi connectivity index (χ0) is 16.9. The first-order chi connectivity index (χ1) is 11.6. The predicted octanol–water partition coefficient (Wildman–Crippen LogP) is 5.11. The van der Waals surface area contributed by atoms with E-state index in [1.807, 2.05) is 54.6 Å². The van der Waals surface area contributed by atoms with Gasteiger partial charge in [0.25, 0.3) is 5.91 Å². The molecule has 3 rings (SSSR count). The fourth-order valence-electron chi connectivity index (χ4n) is 2.48. The molecular weight excluding hydrogens is 369 g/mol. The largest absolute Gasteiger partial charge is 0.341 e. The fourth-order valence-corrected chi connectivity index (χ4v) is 2.74. The molecule has 1 amide bonds. The van der Waals surface area contributed by atoms with E-state index in [2.05, 4.69) is 21.2 Å². The second-order valence-corrected chi connectivity index (χ2v) is 6.29. The number of hydrogen-bond donors (Lipinski definition) is 1. The Balaban J connectivity index is 1.91. The van der Waals surface area contributed by atoms with Crippen molar-refractivity contribution in [3.05, 3.63) is 106 Å². The predicted molar refractivity (Wildman–Crippen MR) is 96.3 cm³/mol. The monoisotopic (exact) mass is 383 g/mol. The molecule has 0 aromatic heterocycles. The number of amides is 1. The quantitative estimate of drug-likeness (QED) is 0.666. The van der Waals surface area contributed by atoms with Crippen LogP contribution in [-0.4, -0.2) is 5.91 Å². The number of benzene rings is 3. The Morgan fingerprint density at radius 1 is 0.833 bits per heavy atom. The summed E-state index contributed by atoms with van der Waals surface area (Å²) in [6.07, 6.45) is 0. The molecule has 4 heteroatoms. The summed E-state index contributed by atoms with van der Waals surface area (Å²) in [5, 5.41) is 3.03. The minimum Gasteiger partial charge on any atom is -0.341 e. The summed E-state index contributed by atoms with van der Waals surface area (Å²) in [6, 6.07) is 22.8. The third-order valence-electron chi connectivity index (χ3n) is 3.72. The maximum atomic E-state index is 13.0. The topological polar surface area (TPSA) is 29.1 Å². The van der Waals surface area contributed by atoms with Crippen molar-refractivity contribution in [3.63, 3.8) is 0 Å². The van der Waals surface area contributed by atoms with Gasteiger partial charge in [-0.2, -0.15) is 0 Å². The first-order valence-corrected chi connectivity index (χ1v) is 8.29. The minimum atomic E-state index is -0.362. The number of hydrogen-bond acceptors (Lipinski definition) is 1. The molecular formula is C20H15BrFNO. The van der Waals surface area contributed by atoms with Gasteiger partial charge in [-0.15, -0.1) is 0 Å². The molecule has 1 N–H and O–H groups in total. The van der Waals surface area contributed by atoms with E-state index in [-0.39, 0.29) is 17.8 Å². The summed E-state index contributed by atoms with van der Waals surface area (Å²) in [7, 11) is 0. The van der Waals surface area contributed by atoms with Crippen molar-refractivity contribution in [2.24, 2.45) is 0 Å². The zero-order valence-electron chi connectivity index (χ0n) is 12.7. The lowest BCUT2D eigenvalue weighted by molar-refractivity contribution is 0.0943. The Hall–Kier alpha value is -2.46. The average molecular weight is 384 g/mol. The molecule has 24 heavy (non-hydrogen) atoms. The maximum absolute atomic E-state index is 13.0. The molecule has 0 radical (unpaired) electrons. The van der Waals surface area contributed by atoms with Crippen molar-refractivity contribution in [3.8, 4) is 0 Å². The van der Waals surface area contributed by atoms with Crippen molar-refractivity contribution in [1.29, 1.82) is 0 Å². The van der Waals surface area contributed by atoms with Crippen LogP contribution >= 0.6 is 15.9 Å². The van der Waals surface area contributed by atoms with Crippen LogP contribution in [0.3, 0.4) is 0 Å². The van der Waals surface area contributed by atoms with E-state index in [4.69, 9.17) is 0 Å². The molecule has 3 aromatic carbocycles. The smallest absolute Gasteiger partial charge is 0.252 e. The normalized spacial score (nSPS) is 11.8. The average Bonchev–Trinajstić information content (AvgIpc) is 2.62. The summed E-state index contributed by atoms with van der Waals surface area (Å²) in [5.41, 5.74) is 2.38. The molecule has 0 aliphatic heterocycles. The van der Waals surface area contributed by atoms with Crippen LogP contribution in [-0.2, 0) is 0 Å². The van der Waals surface area contributed by atoms with Crippen LogP contribution in [0.1, 0.15) is 27.5 Å². The van der Waals surface area contributed by atoms with E-state index in [1.54, 1.807) is 0 Å². The van der Waals surface area contributed by atoms with Gasteiger partial charge >= 0.3 is 0 Å². The summed E-state index contributed by atoms with van der Waals surface area (Å²) < 4.78 is 14.0. The second-order valence-electron chi connectivity index (χ2n) is 5.38. The van der Waals surface area contributed by atoms with E-state index in [1.165, 1.54) is 24.3 Å². The molecule has 3 aromatic rings. The lowest BCUT2D eigenvalue weighted by atomic mass is 9.98. The number of carbonyl (C=O) groups is 1. The van der Waals surface area contributed by atoms with Crippen LogP contribution in [0.4, 0.5) is 4.39 Å². The molecule has 0 spiro atoms. The fraction of sp³-hybridized carbons (Fsp3) is 0.0500. The van der Waals surface area contributed by atoms with Crippen LogP contribution in [0.5, 0.6) is 0 Å². The van der Waals surface area contributed by atoms with Crippen molar-refractivity contribution in [2.75, 3.05) is 0 Å². The van der Waals surface area contributed by atoms with Crippen molar-refractivity contribution < 1.29 is 9.18 Å². The molecule has 0 bridgehead atoms. The first kappa shape index (κ1) is 16.4. The Morgan fingerprint density at radius 2 is 1.42 bits per heavy atom. The molecule has 0 aliphatic rings. The molecule has 0 fully saturated rings. The molecule has 0 heterocycles. The van der Waals surface area contributed by atoms with E-state index in [9.17, 15) is 9.18 Å². The van der Waals surface area contributed by atoms with Gasteiger partial charge in [-0.25, -0.2) is 4.39 Å². The van der Waals surface area contributed by atoms with Crippen LogP contribution < -0.4 is 5.32 Å². The van der Waals surface area contributed by atoms with Crippen LogP contribution in [0.25, 0.3) is 0 Å². The van der Waals surface area contributed by atoms with Gasteiger partial charge in [-0.05, 0) is 47.5 Å². The van der Waals surface area contributed by atoms with Crippen LogP contribution in [0, 0.1) is 5.82 Å². The van der Waals surface area contributed by atoms with E-state index in [0.717, 1.165) is 15.6 Å². The lowest BCUT2D eigenvalue weighted by Crippen LogP contribution is -2.29. The summed E-state index contributed by atoms with van der Waals surface area (Å²) in [4.78, 5) is 12.5. The molecule has 1 unspecified atom stereocenters. The Kier molecular flexibility index (Phi) is 5.06. The minimum absolute atomic E-state index is 0.244. The van der Waals surface area contributed by atoms with Gasteiger partial charge in [0.2, 0.25) is 0 Å². The highest BCUT2D eigenvalue weighted by Crippen LogP contribution is 2.24. The van der Waals surface area contributed by atoms with Gasteiger partial charge in [0.05, 0.1) is 6.04 Å². The number of nitrogens with one attached hydrogen (secondary N) is 1. The number of rotatable bonds is 4. The van der Waals surface area contributed by atoms with E-state index in [0.29, 0.717) is 5.56 Å². The highest BCUT2D eigenvalue weighted by Gasteiger charge is 2.17. The third-order valence-corrected chi connectivity index (χ3v) is 4.25. The number of halogens is 2. The molecule has 0 aliphatic carbocycles. The first-order valence-electron chi connectivity index (χ1n) is 7.50. The molecule has 120 valence electrons. The summed E-state index contributed by atoms with van der Waals surface area (Å²) in [6.45, 7) is 0. The number of carbonyl (C=O) groups excluding carboxylic acids is 1. The van der Waals surface area contributed by atoms with Crippen molar-refractivity contribution in [2.45, 2.75) is 6.04 Å². The Bertz CT molecular complexity index is 817. The Labute approximate surface area is 148 Å². The Morgan fingerprint density at radius 3 is 2.04 bits per heavy atom. The molecule has 0 saturated carbocycles. The van der Waals surface area contributed by atoms with Gasteiger partial charge in [0.15, 0.2) is 0 Å². The van der Waals surface area contributed by atoms with Gasteiger partial charge in [-0.1, -0.05) is 58.4 Å². The van der Waals surface area contributed by atoms with Crippen LogP contribution in [0.15, 0.2) is 83.3 Å². The van der Waals surface area contributed by atoms with Crippen molar-refractivity contribution >= 4 is 21.8 Å². The van der Waals surface area contributed by atoms with Gasteiger partial charge in [0, 0.05) is 10.0 Å². The lowest BCUT2D eigenvalue weighted by Gasteiger charge is -2.20. The highest BCUT2D eigenvalue weighted by molar-refractivity contribution is 9.10. The standard InChI is InChI=1S/C20H15BrFNO/c21-17-10-6-15(7-11-17)19(14-4-2-1-3-5-14)23-20(24)16-8-12-18(22)13-9-16/h1-13,19H,(H,23,24). The van der Waals surface area contributed by atoms with E-state index < -0.39 is 0 Å². The summed E-state index contributed by atoms with van der Waals surface area (Å²) in [5.74, 6) is -0.606. The third kappa shape index (κ3) is 3.89. The van der Waals surface area contributed by atoms with Gasteiger partial charge in [-0.3, -0.25) is 4.79 Å². The van der Waals surface area contributed by atoms with Crippen molar-refractivity contribution in [1.82, 2.24) is 5.32 Å². The van der Waals surface area contributed by atoms with Gasteiger partial charge in [0.1, 0.15) is 5.82 Å². The highest BCUT2D eigenvalue weighted by atomic mass is 79.9. The van der Waals surface area contributed by atoms with Crippen LogP contribution in [0.2, 0.25) is 0 Å². The van der Waals surface area contributed by atoms with E-state index >= 15 is 0 Å². The summed E-state index contributed by atoms with van der Waals surface area (Å²) >= 11 is 3.42. The zero-order valence-corrected chi connectivity index (χ0v) is 14.3. The van der Waals surface area contributed by atoms with Gasteiger partial charge < -0.3 is 5.32 Å². The second kappa shape index (κ2) is 7.41. The maximum Gasteiger partial charge on any atom is 0.252 e. The molecule has 0 saturated heterocycles. The molecule has 1 atom stereocenters.